The van der Waals surface area contributed by atoms with Gasteiger partial charge in [0.15, 0.2) is 12.4 Å². The van der Waals surface area contributed by atoms with Gasteiger partial charge < -0.3 is 10.1 Å². The maximum absolute atomic E-state index is 11.9. The van der Waals surface area contributed by atoms with Crippen LogP contribution in [-0.2, 0) is 9.53 Å². The topological polar surface area (TPSA) is 72.5 Å². The minimum absolute atomic E-state index is 0.151. The Hall–Kier alpha value is -2.47. The monoisotopic (exact) mass is 317 g/mol. The van der Waals surface area contributed by atoms with Crippen LogP contribution in [0.3, 0.4) is 0 Å². The lowest BCUT2D eigenvalue weighted by Crippen LogP contribution is -2.21. The lowest BCUT2D eigenvalue weighted by molar-refractivity contribution is -0.119. The molecule has 1 aromatic carbocycles. The number of esters is 1. The maximum Gasteiger partial charge on any atom is 0.349 e. The summed E-state index contributed by atoms with van der Waals surface area (Å²) >= 11 is 1.27. The molecule has 0 saturated heterocycles. The van der Waals surface area contributed by atoms with Crippen LogP contribution in [0.15, 0.2) is 35.7 Å². The SMILES string of the molecule is CC(=O)c1ccccc1NC(=O)COC(=O)c1sccc1C. The number of aryl methyl sites for hydroxylation is 1. The average Bonchev–Trinajstić information content (AvgIpc) is 2.91. The van der Waals surface area contributed by atoms with Crippen LogP contribution < -0.4 is 5.32 Å². The van der Waals surface area contributed by atoms with Crippen LogP contribution in [0, 0.1) is 6.92 Å². The molecule has 2 rings (SSSR count). The lowest BCUT2D eigenvalue weighted by atomic mass is 10.1. The fourth-order valence-corrected chi connectivity index (χ4v) is 2.68. The smallest absolute Gasteiger partial charge is 0.349 e. The maximum atomic E-state index is 11.9. The normalized spacial score (nSPS) is 10.1. The molecule has 6 heteroatoms. The summed E-state index contributed by atoms with van der Waals surface area (Å²) in [6.07, 6.45) is 0. The molecule has 0 spiro atoms. The Balaban J connectivity index is 1.95. The van der Waals surface area contributed by atoms with E-state index in [4.69, 9.17) is 4.74 Å². The molecule has 1 aromatic heterocycles. The summed E-state index contributed by atoms with van der Waals surface area (Å²) < 4.78 is 4.98. The Bertz CT molecular complexity index is 720. The van der Waals surface area contributed by atoms with Crippen molar-refractivity contribution >= 4 is 34.7 Å². The third kappa shape index (κ3) is 3.79. The van der Waals surface area contributed by atoms with E-state index in [0.717, 1.165) is 5.56 Å². The molecule has 0 radical (unpaired) electrons. The molecule has 0 fully saturated rings. The van der Waals surface area contributed by atoms with E-state index in [9.17, 15) is 14.4 Å². The van der Waals surface area contributed by atoms with Gasteiger partial charge in [-0.05, 0) is 43.0 Å². The number of Topliss-reactive ketones (excluding diaryl/α,β-unsaturated/α-hetero) is 1. The average molecular weight is 317 g/mol. The van der Waals surface area contributed by atoms with Crippen molar-refractivity contribution in [2.24, 2.45) is 0 Å². The predicted octanol–water partition coefficient (Wildman–Crippen LogP) is 3.05. The molecule has 0 unspecified atom stereocenters. The summed E-state index contributed by atoms with van der Waals surface area (Å²) in [5.74, 6) is -1.17. The molecule has 22 heavy (non-hydrogen) atoms. The molecule has 0 atom stereocenters. The van der Waals surface area contributed by atoms with Gasteiger partial charge in [0.25, 0.3) is 5.91 Å². The third-order valence-electron chi connectivity index (χ3n) is 2.96. The number of amides is 1. The predicted molar refractivity (Wildman–Crippen MR) is 84.4 cm³/mol. The first-order valence-corrected chi connectivity index (χ1v) is 7.48. The van der Waals surface area contributed by atoms with Gasteiger partial charge in [-0.2, -0.15) is 0 Å². The second-order valence-corrected chi connectivity index (χ2v) is 5.57. The minimum Gasteiger partial charge on any atom is -0.451 e. The van der Waals surface area contributed by atoms with Crippen molar-refractivity contribution in [3.63, 3.8) is 0 Å². The number of ether oxygens (including phenoxy) is 1. The minimum atomic E-state index is -0.525. The first-order chi connectivity index (χ1) is 10.5. The summed E-state index contributed by atoms with van der Waals surface area (Å²) in [5, 5.41) is 4.36. The molecule has 5 nitrogen and oxygen atoms in total. The highest BCUT2D eigenvalue weighted by Gasteiger charge is 2.15. The van der Waals surface area contributed by atoms with E-state index < -0.39 is 18.5 Å². The number of carbonyl (C=O) groups is 3. The zero-order chi connectivity index (χ0) is 16.1. The van der Waals surface area contributed by atoms with Crippen LogP contribution >= 0.6 is 11.3 Å². The summed E-state index contributed by atoms with van der Waals surface area (Å²) in [7, 11) is 0. The molecule has 2 aromatic rings. The van der Waals surface area contributed by atoms with Gasteiger partial charge in [0.2, 0.25) is 0 Å². The Kier molecular flexibility index (Phi) is 5.06. The van der Waals surface area contributed by atoms with Gasteiger partial charge in [0.05, 0.1) is 5.69 Å². The van der Waals surface area contributed by atoms with Gasteiger partial charge in [-0.3, -0.25) is 9.59 Å². The van der Waals surface area contributed by atoms with Gasteiger partial charge >= 0.3 is 5.97 Å². The number of thiophene rings is 1. The lowest BCUT2D eigenvalue weighted by Gasteiger charge is -2.09. The Labute approximate surface area is 131 Å². The molecular weight excluding hydrogens is 302 g/mol. The van der Waals surface area contributed by atoms with Crippen LogP contribution in [0.25, 0.3) is 0 Å². The molecule has 1 heterocycles. The zero-order valence-corrected chi connectivity index (χ0v) is 13.0. The van der Waals surface area contributed by atoms with Gasteiger partial charge in [-0.15, -0.1) is 11.3 Å². The fraction of sp³-hybridized carbons (Fsp3) is 0.188. The van der Waals surface area contributed by atoms with Crippen LogP contribution in [0.1, 0.15) is 32.5 Å². The number of rotatable bonds is 5. The largest absolute Gasteiger partial charge is 0.451 e. The fourth-order valence-electron chi connectivity index (χ4n) is 1.86. The van der Waals surface area contributed by atoms with Crippen molar-refractivity contribution in [1.82, 2.24) is 0 Å². The van der Waals surface area contributed by atoms with E-state index in [0.29, 0.717) is 16.1 Å². The standard InChI is InChI=1S/C16H15NO4S/c1-10-7-8-22-15(10)16(20)21-9-14(19)17-13-6-4-3-5-12(13)11(2)18/h3-8H,9H2,1-2H3,(H,17,19). The Morgan fingerprint density at radius 1 is 1.18 bits per heavy atom. The summed E-state index contributed by atoms with van der Waals surface area (Å²) in [5.41, 5.74) is 1.64. The van der Waals surface area contributed by atoms with E-state index in [2.05, 4.69) is 5.32 Å². The van der Waals surface area contributed by atoms with Crippen molar-refractivity contribution in [3.05, 3.63) is 51.7 Å². The van der Waals surface area contributed by atoms with E-state index in [1.807, 2.05) is 6.07 Å². The third-order valence-corrected chi connectivity index (χ3v) is 3.96. The number of carbonyl (C=O) groups excluding carboxylic acids is 3. The van der Waals surface area contributed by atoms with Crippen molar-refractivity contribution in [1.29, 1.82) is 0 Å². The summed E-state index contributed by atoms with van der Waals surface area (Å²) in [6, 6.07) is 8.48. The number of benzene rings is 1. The van der Waals surface area contributed by atoms with Crippen LogP contribution in [0.2, 0.25) is 0 Å². The van der Waals surface area contributed by atoms with Gasteiger partial charge in [-0.25, -0.2) is 4.79 Å². The number of nitrogens with one attached hydrogen (secondary N) is 1. The van der Waals surface area contributed by atoms with Crippen molar-refractivity contribution in [2.75, 3.05) is 11.9 Å². The number of ketones is 1. The number of anilines is 1. The number of hydrogen-bond donors (Lipinski definition) is 1. The van der Waals surface area contributed by atoms with E-state index >= 15 is 0 Å². The summed E-state index contributed by atoms with van der Waals surface area (Å²) in [4.78, 5) is 35.6. The first-order valence-electron chi connectivity index (χ1n) is 6.60. The van der Waals surface area contributed by atoms with E-state index in [1.54, 1.807) is 36.6 Å². The highest BCUT2D eigenvalue weighted by atomic mass is 32.1. The van der Waals surface area contributed by atoms with Gasteiger partial charge in [-0.1, -0.05) is 12.1 Å². The molecule has 1 N–H and O–H groups in total. The molecule has 0 aliphatic carbocycles. The molecule has 114 valence electrons. The molecule has 0 bridgehead atoms. The summed E-state index contributed by atoms with van der Waals surface area (Å²) in [6.45, 7) is 2.82. The quantitative estimate of drug-likeness (QED) is 0.679. The van der Waals surface area contributed by atoms with Gasteiger partial charge in [0, 0.05) is 5.56 Å². The first kappa shape index (κ1) is 15.9. The van der Waals surface area contributed by atoms with Crippen molar-refractivity contribution in [2.45, 2.75) is 13.8 Å². The van der Waals surface area contributed by atoms with E-state index in [1.165, 1.54) is 18.3 Å². The van der Waals surface area contributed by atoms with Gasteiger partial charge in [0.1, 0.15) is 4.88 Å². The molecule has 1 amide bonds. The number of para-hydroxylation sites is 1. The van der Waals surface area contributed by atoms with E-state index in [-0.39, 0.29) is 5.78 Å². The molecule has 0 aliphatic heterocycles. The number of hydrogen-bond acceptors (Lipinski definition) is 5. The second kappa shape index (κ2) is 7.00. The zero-order valence-electron chi connectivity index (χ0n) is 12.2. The molecule has 0 saturated carbocycles. The highest BCUT2D eigenvalue weighted by molar-refractivity contribution is 7.12. The molecule has 0 aliphatic rings. The Morgan fingerprint density at radius 3 is 2.55 bits per heavy atom. The molecular formula is C16H15NO4S. The second-order valence-electron chi connectivity index (χ2n) is 4.66. The van der Waals surface area contributed by atoms with Crippen LogP contribution in [-0.4, -0.2) is 24.3 Å². The Morgan fingerprint density at radius 2 is 1.91 bits per heavy atom. The van der Waals surface area contributed by atoms with Crippen molar-refractivity contribution in [3.8, 4) is 0 Å². The van der Waals surface area contributed by atoms with Crippen molar-refractivity contribution < 1.29 is 19.1 Å². The van der Waals surface area contributed by atoms with Crippen LogP contribution in [0.4, 0.5) is 5.69 Å². The highest BCUT2D eigenvalue weighted by Crippen LogP contribution is 2.17. The van der Waals surface area contributed by atoms with Crippen LogP contribution in [0.5, 0.6) is 0 Å².